The number of carbonyl (C=O) groups is 2. The zero-order valence-electron chi connectivity index (χ0n) is 9.56. The molecule has 0 aromatic heterocycles. The van der Waals surface area contributed by atoms with Crippen LogP contribution in [0.5, 0.6) is 0 Å². The molecule has 0 saturated heterocycles. The van der Waals surface area contributed by atoms with Gasteiger partial charge in [0.2, 0.25) is 0 Å². The molecule has 2 rings (SSSR count). The summed E-state index contributed by atoms with van der Waals surface area (Å²) >= 11 is 0. The minimum atomic E-state index is 0. The summed E-state index contributed by atoms with van der Waals surface area (Å²) in [6.07, 6.45) is 1.67. The van der Waals surface area contributed by atoms with Gasteiger partial charge in [-0.2, -0.15) is 0 Å². The predicted molar refractivity (Wildman–Crippen MR) is 84.9 cm³/mol. The molecule has 19 heavy (non-hydrogen) atoms. The van der Waals surface area contributed by atoms with E-state index >= 15 is 0 Å². The van der Waals surface area contributed by atoms with Gasteiger partial charge in [0.05, 0.1) is 0 Å². The van der Waals surface area contributed by atoms with Gasteiger partial charge in [-0.15, -0.1) is 24.8 Å². The minimum Gasteiger partial charge on any atom is -0.298 e. The van der Waals surface area contributed by atoms with Crippen LogP contribution in [0.15, 0.2) is 60.7 Å². The molecule has 0 unspecified atom stereocenters. The molecule has 0 radical (unpaired) electrons. The van der Waals surface area contributed by atoms with Crippen LogP contribution in [0, 0.1) is 0 Å². The molecule has 2 aromatic rings. The highest BCUT2D eigenvalue weighted by atomic mass is 35.5. The number of hydrogen-bond acceptors (Lipinski definition) is 2. The average Bonchev–Trinajstić information content (AvgIpc) is 2.41. The lowest BCUT2D eigenvalue weighted by molar-refractivity contribution is 0.111. The zero-order valence-corrected chi connectivity index (χ0v) is 11.2. The van der Waals surface area contributed by atoms with E-state index in [9.17, 15) is 9.59 Å². The number of halogens is 2. The quantitative estimate of drug-likeness (QED) is 0.766. The third-order valence-corrected chi connectivity index (χ3v) is 1.87. The van der Waals surface area contributed by atoms with Gasteiger partial charge in [-0.1, -0.05) is 68.1 Å². The molecular formula is C15H18Cl2O2. The first kappa shape index (κ1) is 22.5. The van der Waals surface area contributed by atoms with Crippen LogP contribution >= 0.6 is 24.8 Å². The summed E-state index contributed by atoms with van der Waals surface area (Å²) in [5, 5.41) is 0. The van der Waals surface area contributed by atoms with Crippen molar-refractivity contribution < 1.29 is 9.59 Å². The van der Waals surface area contributed by atoms with Gasteiger partial charge in [-0.05, 0) is 0 Å². The van der Waals surface area contributed by atoms with Crippen LogP contribution in [-0.4, -0.2) is 12.6 Å². The second-order valence-corrected chi connectivity index (χ2v) is 3.06. The van der Waals surface area contributed by atoms with E-state index in [2.05, 4.69) is 0 Å². The molecule has 0 aliphatic carbocycles. The van der Waals surface area contributed by atoms with Crippen molar-refractivity contribution in [1.82, 2.24) is 0 Å². The Morgan fingerprint density at radius 1 is 0.579 bits per heavy atom. The summed E-state index contributed by atoms with van der Waals surface area (Å²) in [5.74, 6) is 0. The van der Waals surface area contributed by atoms with E-state index in [1.807, 2.05) is 36.4 Å². The fraction of sp³-hybridized carbons (Fsp3) is 0.0667. The first-order valence-electron chi connectivity index (χ1n) is 4.87. The third kappa shape index (κ3) is 10.0. The van der Waals surface area contributed by atoms with Crippen LogP contribution in [0.2, 0.25) is 0 Å². The van der Waals surface area contributed by atoms with E-state index < -0.39 is 0 Å². The summed E-state index contributed by atoms with van der Waals surface area (Å²) in [5.41, 5.74) is 1.46. The lowest BCUT2D eigenvalue weighted by Gasteiger charge is -1.81. The van der Waals surface area contributed by atoms with Gasteiger partial charge in [0.25, 0.3) is 0 Å². The van der Waals surface area contributed by atoms with E-state index in [1.165, 1.54) is 0 Å². The molecule has 0 aliphatic heterocycles. The lowest BCUT2D eigenvalue weighted by atomic mass is 10.2. The number of hydrogen-bond donors (Lipinski definition) is 0. The molecule has 0 heterocycles. The summed E-state index contributed by atoms with van der Waals surface area (Å²) < 4.78 is 0. The Bertz CT molecular complexity index is 387. The fourth-order valence-corrected chi connectivity index (χ4v) is 1.06. The molecule has 0 N–H and O–H groups in total. The van der Waals surface area contributed by atoms with E-state index in [0.29, 0.717) is 0 Å². The molecule has 0 atom stereocenters. The molecule has 0 saturated carbocycles. The van der Waals surface area contributed by atoms with Gasteiger partial charge in [0.15, 0.2) is 0 Å². The van der Waals surface area contributed by atoms with Crippen molar-refractivity contribution in [2.24, 2.45) is 0 Å². The Morgan fingerprint density at radius 2 is 0.842 bits per heavy atom. The second kappa shape index (κ2) is 14.4. The maximum Gasteiger partial charge on any atom is 0.150 e. The third-order valence-electron chi connectivity index (χ3n) is 1.87. The Kier molecular flexibility index (Phi) is 17.1. The molecule has 2 nitrogen and oxygen atoms in total. The van der Waals surface area contributed by atoms with Gasteiger partial charge in [-0.3, -0.25) is 9.59 Å². The number of carbonyl (C=O) groups excluding carboxylic acids is 2. The van der Waals surface area contributed by atoms with Crippen molar-refractivity contribution in [3.05, 3.63) is 71.8 Å². The van der Waals surface area contributed by atoms with Crippen LogP contribution in [0.1, 0.15) is 28.1 Å². The molecule has 4 heteroatoms. The van der Waals surface area contributed by atoms with Crippen molar-refractivity contribution >= 4 is 37.4 Å². The minimum absolute atomic E-state index is 0. The average molecular weight is 301 g/mol. The lowest BCUT2D eigenvalue weighted by Crippen LogP contribution is -1.73. The smallest absolute Gasteiger partial charge is 0.150 e. The SMILES string of the molecule is C.Cl.Cl.O=Cc1ccccc1.O=Cc1ccccc1. The van der Waals surface area contributed by atoms with E-state index in [-0.39, 0.29) is 32.2 Å². The normalized spacial score (nSPS) is 7.16. The van der Waals surface area contributed by atoms with Crippen LogP contribution in [0.25, 0.3) is 0 Å². The van der Waals surface area contributed by atoms with Gasteiger partial charge < -0.3 is 0 Å². The van der Waals surface area contributed by atoms with Crippen LogP contribution in [-0.2, 0) is 0 Å². The molecule has 0 amide bonds. The molecule has 0 fully saturated rings. The zero-order chi connectivity index (χ0) is 11.6. The number of aldehydes is 2. The Labute approximate surface area is 126 Å². The first-order chi connectivity index (χ1) is 7.86. The van der Waals surface area contributed by atoms with Crippen molar-refractivity contribution in [2.45, 2.75) is 7.43 Å². The summed E-state index contributed by atoms with van der Waals surface area (Å²) in [7, 11) is 0. The summed E-state index contributed by atoms with van der Waals surface area (Å²) in [4.78, 5) is 20.0. The second-order valence-electron chi connectivity index (χ2n) is 3.06. The Balaban J connectivity index is -0.000000233. The number of benzene rings is 2. The van der Waals surface area contributed by atoms with Gasteiger partial charge in [-0.25, -0.2) is 0 Å². The van der Waals surface area contributed by atoms with Gasteiger partial charge >= 0.3 is 0 Å². The largest absolute Gasteiger partial charge is 0.298 e. The van der Waals surface area contributed by atoms with Gasteiger partial charge in [0.1, 0.15) is 12.6 Å². The van der Waals surface area contributed by atoms with Crippen molar-refractivity contribution in [2.75, 3.05) is 0 Å². The monoisotopic (exact) mass is 300 g/mol. The Morgan fingerprint density at radius 3 is 1.00 bits per heavy atom. The highest BCUT2D eigenvalue weighted by Crippen LogP contribution is 1.92. The van der Waals surface area contributed by atoms with Crippen LogP contribution in [0.3, 0.4) is 0 Å². The molecule has 2 aromatic carbocycles. The van der Waals surface area contributed by atoms with Crippen molar-refractivity contribution in [3.8, 4) is 0 Å². The molecule has 0 bridgehead atoms. The number of rotatable bonds is 2. The topological polar surface area (TPSA) is 34.1 Å². The molecule has 0 spiro atoms. The van der Waals surface area contributed by atoms with Crippen LogP contribution in [0.4, 0.5) is 0 Å². The maximum atomic E-state index is 10.0. The molecule has 0 aliphatic rings. The highest BCUT2D eigenvalue weighted by molar-refractivity contribution is 5.85. The summed E-state index contributed by atoms with van der Waals surface area (Å²) in [6, 6.07) is 18.2. The van der Waals surface area contributed by atoms with Gasteiger partial charge in [0, 0.05) is 11.1 Å². The maximum absolute atomic E-state index is 10.0. The van der Waals surface area contributed by atoms with Crippen LogP contribution < -0.4 is 0 Å². The molecule has 104 valence electrons. The van der Waals surface area contributed by atoms with E-state index in [0.717, 1.165) is 23.7 Å². The Hall–Kier alpha value is -1.64. The van der Waals surface area contributed by atoms with Crippen molar-refractivity contribution in [1.29, 1.82) is 0 Å². The highest BCUT2D eigenvalue weighted by Gasteiger charge is 1.80. The fourth-order valence-electron chi connectivity index (χ4n) is 1.06. The molecular weight excluding hydrogens is 283 g/mol. The van der Waals surface area contributed by atoms with E-state index in [1.54, 1.807) is 24.3 Å². The predicted octanol–water partition coefficient (Wildman–Crippen LogP) is 4.48. The summed E-state index contributed by atoms with van der Waals surface area (Å²) in [6.45, 7) is 0. The van der Waals surface area contributed by atoms with E-state index in [4.69, 9.17) is 0 Å². The standard InChI is InChI=1S/2C7H6O.CH4.2ClH/c2*8-6-7-4-2-1-3-5-7;;;/h2*1-6H;1H4;2*1H. The first-order valence-corrected chi connectivity index (χ1v) is 4.87. The van der Waals surface area contributed by atoms with Crippen molar-refractivity contribution in [3.63, 3.8) is 0 Å².